The van der Waals surface area contributed by atoms with Gasteiger partial charge >= 0.3 is 0 Å². The van der Waals surface area contributed by atoms with Gasteiger partial charge in [-0.2, -0.15) is 0 Å². The molecule has 0 spiro atoms. The highest BCUT2D eigenvalue weighted by atomic mass is 15.1. The Morgan fingerprint density at radius 2 is 1.95 bits per heavy atom. The third-order valence-corrected chi connectivity index (χ3v) is 3.15. The lowest BCUT2D eigenvalue weighted by atomic mass is 9.98. The van der Waals surface area contributed by atoms with Crippen molar-refractivity contribution in [1.82, 2.24) is 4.90 Å². The van der Waals surface area contributed by atoms with E-state index in [1.54, 1.807) is 0 Å². The molecule has 0 heterocycles. The number of rotatable bonds is 5. The number of nitrogens with zero attached hydrogens (tertiary/aromatic N) is 1. The van der Waals surface area contributed by atoms with Crippen LogP contribution in [-0.4, -0.2) is 18.5 Å². The third-order valence-electron chi connectivity index (χ3n) is 3.15. The number of hydrogen-bond acceptors (Lipinski definition) is 1. The van der Waals surface area contributed by atoms with E-state index in [0.29, 0.717) is 0 Å². The first-order valence-corrected chi connectivity index (χ1v) is 7.80. The molecule has 0 fully saturated rings. The minimum Gasteiger partial charge on any atom is -0.298 e. The molecule has 0 N–H and O–H groups in total. The summed E-state index contributed by atoms with van der Waals surface area (Å²) in [5.74, 6) is 6.32. The summed E-state index contributed by atoms with van der Waals surface area (Å²) in [4.78, 5) is 2.28. The van der Waals surface area contributed by atoms with Gasteiger partial charge in [0.25, 0.3) is 0 Å². The molecule has 0 aliphatic carbocycles. The molecular formula is C21H29N. The molecule has 0 saturated carbocycles. The maximum Gasteiger partial charge on any atom is 0.0234 e. The van der Waals surface area contributed by atoms with E-state index in [9.17, 15) is 0 Å². The van der Waals surface area contributed by atoms with Gasteiger partial charge in [-0.3, -0.25) is 4.90 Å². The van der Waals surface area contributed by atoms with E-state index in [-0.39, 0.29) is 5.41 Å². The van der Waals surface area contributed by atoms with Crippen molar-refractivity contribution in [3.8, 4) is 11.8 Å². The standard InChI is InChI=1S/C21H29N/c1-17(2)20-14-18(3)13-19(15-20)16-22(7)12-10-8-9-11-21(4,5)6/h8,10,13-15H,1,12,16H2,2-7H3/b10-8+. The lowest BCUT2D eigenvalue weighted by molar-refractivity contribution is 0.363. The minimum absolute atomic E-state index is 0.0662. The lowest BCUT2D eigenvalue weighted by Gasteiger charge is -2.16. The molecule has 0 aliphatic rings. The van der Waals surface area contributed by atoms with Gasteiger partial charge in [-0.1, -0.05) is 53.8 Å². The summed E-state index contributed by atoms with van der Waals surface area (Å²) in [6, 6.07) is 6.66. The van der Waals surface area contributed by atoms with Crippen molar-refractivity contribution in [3.05, 3.63) is 53.6 Å². The van der Waals surface area contributed by atoms with Crippen LogP contribution in [0, 0.1) is 24.2 Å². The fourth-order valence-electron chi connectivity index (χ4n) is 2.13. The summed E-state index contributed by atoms with van der Waals surface area (Å²) >= 11 is 0. The smallest absolute Gasteiger partial charge is 0.0234 e. The first-order chi connectivity index (χ1) is 10.2. The predicted molar refractivity (Wildman–Crippen MR) is 98.6 cm³/mol. The molecule has 0 bridgehead atoms. The van der Waals surface area contributed by atoms with Crippen LogP contribution in [0.4, 0.5) is 0 Å². The minimum atomic E-state index is 0.0662. The zero-order chi connectivity index (χ0) is 16.8. The summed E-state index contributed by atoms with van der Waals surface area (Å²) < 4.78 is 0. The Morgan fingerprint density at radius 1 is 1.27 bits per heavy atom. The van der Waals surface area contributed by atoms with Crippen LogP contribution < -0.4 is 0 Å². The van der Waals surface area contributed by atoms with E-state index in [0.717, 1.165) is 18.7 Å². The van der Waals surface area contributed by atoms with E-state index in [1.807, 2.05) is 6.08 Å². The van der Waals surface area contributed by atoms with Crippen LogP contribution in [0.15, 0.2) is 36.9 Å². The van der Waals surface area contributed by atoms with Gasteiger partial charge in [-0.05, 0) is 58.9 Å². The molecule has 118 valence electrons. The molecule has 1 nitrogen and oxygen atoms in total. The molecule has 1 heteroatoms. The number of hydrogen-bond donors (Lipinski definition) is 0. The molecule has 22 heavy (non-hydrogen) atoms. The average Bonchev–Trinajstić information content (AvgIpc) is 2.36. The van der Waals surface area contributed by atoms with Crippen molar-refractivity contribution in [1.29, 1.82) is 0 Å². The first-order valence-electron chi connectivity index (χ1n) is 7.80. The fourth-order valence-corrected chi connectivity index (χ4v) is 2.13. The quantitative estimate of drug-likeness (QED) is 0.686. The van der Waals surface area contributed by atoms with E-state index < -0.39 is 0 Å². The largest absolute Gasteiger partial charge is 0.298 e. The van der Waals surface area contributed by atoms with Crippen molar-refractivity contribution in [2.24, 2.45) is 5.41 Å². The lowest BCUT2D eigenvalue weighted by Crippen LogP contribution is -2.17. The molecule has 0 amide bonds. The van der Waals surface area contributed by atoms with Gasteiger partial charge in [0.05, 0.1) is 0 Å². The normalized spacial score (nSPS) is 11.6. The van der Waals surface area contributed by atoms with Gasteiger partial charge in [0, 0.05) is 18.5 Å². The van der Waals surface area contributed by atoms with Gasteiger partial charge in [0.1, 0.15) is 0 Å². The number of likely N-dealkylation sites (N-methyl/N-ethyl adjacent to an activating group) is 1. The second kappa shape index (κ2) is 8.01. The summed E-state index contributed by atoms with van der Waals surface area (Å²) in [7, 11) is 2.13. The molecule has 1 rings (SSSR count). The Kier molecular flexibility index (Phi) is 6.65. The highest BCUT2D eigenvalue weighted by Gasteiger charge is 2.03. The topological polar surface area (TPSA) is 3.24 Å². The molecule has 0 aliphatic heterocycles. The third kappa shape index (κ3) is 7.29. The van der Waals surface area contributed by atoms with Crippen LogP contribution in [0.5, 0.6) is 0 Å². The molecule has 0 saturated heterocycles. The first kappa shape index (κ1) is 18.3. The average molecular weight is 295 g/mol. The predicted octanol–water partition coefficient (Wildman–Crippen LogP) is 5.07. The van der Waals surface area contributed by atoms with Crippen LogP contribution in [0.3, 0.4) is 0 Å². The fraction of sp³-hybridized carbons (Fsp3) is 0.429. The second-order valence-electron chi connectivity index (χ2n) is 7.11. The van der Waals surface area contributed by atoms with Crippen LogP contribution in [0.2, 0.25) is 0 Å². The molecule has 0 radical (unpaired) electrons. The Hall–Kier alpha value is -1.78. The Balaban J connectivity index is 2.62. The van der Waals surface area contributed by atoms with Crippen LogP contribution in [0.25, 0.3) is 5.57 Å². The summed E-state index contributed by atoms with van der Waals surface area (Å²) in [6.07, 6.45) is 4.07. The zero-order valence-electron chi connectivity index (χ0n) is 15.0. The van der Waals surface area contributed by atoms with E-state index in [2.05, 4.69) is 89.3 Å². The molecule has 0 aromatic heterocycles. The van der Waals surface area contributed by atoms with Crippen LogP contribution in [0.1, 0.15) is 44.4 Å². The van der Waals surface area contributed by atoms with E-state index in [1.165, 1.54) is 16.7 Å². The number of aryl methyl sites for hydroxylation is 1. The van der Waals surface area contributed by atoms with Gasteiger partial charge in [-0.25, -0.2) is 0 Å². The van der Waals surface area contributed by atoms with Crippen molar-refractivity contribution < 1.29 is 0 Å². The zero-order valence-corrected chi connectivity index (χ0v) is 15.0. The molecule has 1 aromatic rings. The van der Waals surface area contributed by atoms with Gasteiger partial charge in [-0.15, -0.1) is 0 Å². The van der Waals surface area contributed by atoms with Crippen molar-refractivity contribution >= 4 is 5.57 Å². The molecule has 1 aromatic carbocycles. The van der Waals surface area contributed by atoms with Crippen LogP contribution >= 0.6 is 0 Å². The maximum absolute atomic E-state index is 4.04. The Bertz CT molecular complexity index is 603. The second-order valence-corrected chi connectivity index (χ2v) is 7.11. The highest BCUT2D eigenvalue weighted by molar-refractivity contribution is 5.62. The summed E-state index contributed by atoms with van der Waals surface area (Å²) in [5.41, 5.74) is 5.03. The Labute approximate surface area is 136 Å². The maximum atomic E-state index is 4.04. The van der Waals surface area contributed by atoms with Gasteiger partial charge in [0.15, 0.2) is 0 Å². The monoisotopic (exact) mass is 295 g/mol. The van der Waals surface area contributed by atoms with Crippen molar-refractivity contribution in [3.63, 3.8) is 0 Å². The molecular weight excluding hydrogens is 266 g/mol. The number of benzene rings is 1. The Morgan fingerprint density at radius 3 is 2.55 bits per heavy atom. The van der Waals surface area contributed by atoms with Gasteiger partial charge < -0.3 is 0 Å². The molecule has 0 atom stereocenters. The van der Waals surface area contributed by atoms with Crippen molar-refractivity contribution in [2.45, 2.75) is 41.2 Å². The van der Waals surface area contributed by atoms with E-state index in [4.69, 9.17) is 0 Å². The van der Waals surface area contributed by atoms with Gasteiger partial charge in [0.2, 0.25) is 0 Å². The number of allylic oxidation sites excluding steroid dienone is 2. The SMILES string of the molecule is C=C(C)c1cc(C)cc(CN(C)C/C=C/C#CC(C)(C)C)c1. The van der Waals surface area contributed by atoms with Crippen molar-refractivity contribution in [2.75, 3.05) is 13.6 Å². The summed E-state index contributed by atoms with van der Waals surface area (Å²) in [5, 5.41) is 0. The van der Waals surface area contributed by atoms with Crippen LogP contribution in [-0.2, 0) is 6.54 Å². The molecule has 0 unspecified atom stereocenters. The van der Waals surface area contributed by atoms with E-state index >= 15 is 0 Å². The summed E-state index contributed by atoms with van der Waals surface area (Å²) in [6.45, 7) is 16.4. The highest BCUT2D eigenvalue weighted by Crippen LogP contribution is 2.17.